The first-order chi connectivity index (χ1) is 14.6. The highest BCUT2D eigenvalue weighted by molar-refractivity contribution is 5.79. The molecule has 0 saturated carbocycles. The third-order valence-corrected chi connectivity index (χ3v) is 5.47. The van der Waals surface area contributed by atoms with Crippen LogP contribution in [0.5, 0.6) is 0 Å². The lowest BCUT2D eigenvalue weighted by Gasteiger charge is -2.32. The number of amides is 1. The van der Waals surface area contributed by atoms with E-state index in [9.17, 15) is 9.59 Å². The van der Waals surface area contributed by atoms with Crippen molar-refractivity contribution in [2.24, 2.45) is 5.41 Å². The monoisotopic (exact) mass is 419 g/mol. The molecule has 0 bridgehead atoms. The molecule has 1 unspecified atom stereocenters. The number of fused-ring (bicyclic) bond motifs is 1. The summed E-state index contributed by atoms with van der Waals surface area (Å²) in [7, 11) is 0. The molecule has 5 nitrogen and oxygen atoms in total. The molecule has 3 aromatic rings. The first-order valence-electron chi connectivity index (χ1n) is 11.0. The molecule has 0 radical (unpaired) electrons. The average molecular weight is 420 g/mol. The number of carbonyl (C=O) groups excluding carboxylic acids is 1. The summed E-state index contributed by atoms with van der Waals surface area (Å²) >= 11 is 0. The maximum Gasteiger partial charge on any atom is 0.266 e. The number of nitrogens with zero attached hydrogens (tertiary/aromatic N) is 3. The van der Waals surface area contributed by atoms with Gasteiger partial charge in [0.15, 0.2) is 0 Å². The van der Waals surface area contributed by atoms with Gasteiger partial charge in [-0.1, -0.05) is 58.0 Å². The zero-order valence-electron chi connectivity index (χ0n) is 19.5. The molecule has 1 amide bonds. The highest BCUT2D eigenvalue weighted by atomic mass is 16.2. The Balaban J connectivity index is 2.24. The van der Waals surface area contributed by atoms with Gasteiger partial charge in [-0.05, 0) is 49.4 Å². The summed E-state index contributed by atoms with van der Waals surface area (Å²) in [5, 5.41) is 0.574. The van der Waals surface area contributed by atoms with Crippen LogP contribution in [0.25, 0.3) is 16.6 Å². The Hall–Kier alpha value is -2.95. The maximum atomic E-state index is 13.6. The van der Waals surface area contributed by atoms with Gasteiger partial charge in [0, 0.05) is 13.0 Å². The molecule has 2 aromatic carbocycles. The van der Waals surface area contributed by atoms with Gasteiger partial charge in [0.25, 0.3) is 5.56 Å². The number of hydrogen-bond acceptors (Lipinski definition) is 3. The first-order valence-corrected chi connectivity index (χ1v) is 11.0. The van der Waals surface area contributed by atoms with Crippen LogP contribution in [0.4, 0.5) is 0 Å². The smallest absolute Gasteiger partial charge is 0.266 e. The fourth-order valence-electron chi connectivity index (χ4n) is 3.95. The fraction of sp³-hybridized carbons (Fsp3) is 0.423. The van der Waals surface area contributed by atoms with Gasteiger partial charge < -0.3 is 4.90 Å². The molecule has 0 N–H and O–H groups in total. The Kier molecular flexibility index (Phi) is 6.63. The van der Waals surface area contributed by atoms with Crippen LogP contribution in [0.2, 0.25) is 0 Å². The van der Waals surface area contributed by atoms with E-state index in [-0.39, 0.29) is 22.9 Å². The van der Waals surface area contributed by atoms with Gasteiger partial charge in [0.1, 0.15) is 5.82 Å². The zero-order valence-corrected chi connectivity index (χ0v) is 19.5. The highest BCUT2D eigenvalue weighted by Crippen LogP contribution is 2.27. The fourth-order valence-corrected chi connectivity index (χ4v) is 3.95. The van der Waals surface area contributed by atoms with Gasteiger partial charge in [-0.3, -0.25) is 14.2 Å². The van der Waals surface area contributed by atoms with Crippen LogP contribution < -0.4 is 5.56 Å². The number of aryl methyl sites for hydroxylation is 1. The van der Waals surface area contributed by atoms with Crippen molar-refractivity contribution in [1.29, 1.82) is 0 Å². The van der Waals surface area contributed by atoms with E-state index in [0.29, 0.717) is 29.7 Å². The van der Waals surface area contributed by atoms with Gasteiger partial charge in [-0.15, -0.1) is 0 Å². The first kappa shape index (κ1) is 22.7. The molecule has 164 valence electrons. The van der Waals surface area contributed by atoms with E-state index in [1.165, 1.54) is 0 Å². The van der Waals surface area contributed by atoms with Crippen LogP contribution in [0.3, 0.4) is 0 Å². The lowest BCUT2D eigenvalue weighted by molar-refractivity contribution is -0.135. The van der Waals surface area contributed by atoms with Gasteiger partial charge >= 0.3 is 0 Å². The Bertz CT molecular complexity index is 1140. The van der Waals surface area contributed by atoms with Gasteiger partial charge in [-0.25, -0.2) is 4.98 Å². The van der Waals surface area contributed by atoms with Crippen LogP contribution >= 0.6 is 0 Å². The summed E-state index contributed by atoms with van der Waals surface area (Å²) < 4.78 is 1.69. The predicted molar refractivity (Wildman–Crippen MR) is 127 cm³/mol. The molecule has 0 spiro atoms. The lowest BCUT2D eigenvalue weighted by atomic mass is 9.91. The molecule has 0 fully saturated rings. The van der Waals surface area contributed by atoms with E-state index in [2.05, 4.69) is 27.7 Å². The van der Waals surface area contributed by atoms with Crippen LogP contribution in [-0.4, -0.2) is 26.9 Å². The van der Waals surface area contributed by atoms with Crippen LogP contribution in [0, 0.1) is 12.3 Å². The van der Waals surface area contributed by atoms with E-state index < -0.39 is 0 Å². The van der Waals surface area contributed by atoms with Crippen molar-refractivity contribution in [3.8, 4) is 5.69 Å². The van der Waals surface area contributed by atoms with Crippen LogP contribution in [0.15, 0.2) is 53.3 Å². The number of rotatable bonds is 6. The van der Waals surface area contributed by atoms with Crippen molar-refractivity contribution in [2.75, 3.05) is 6.54 Å². The Labute approximate surface area is 184 Å². The molecule has 0 aliphatic rings. The molecule has 31 heavy (non-hydrogen) atoms. The number of carbonyl (C=O) groups is 1. The van der Waals surface area contributed by atoms with E-state index >= 15 is 0 Å². The standard InChI is InChI=1S/C26H33N3O2/c1-7-16-28(23(30)17-26(4,5)6)19(3)24-27-21-14-10-9-13-20(21)25(31)29(24)22-15-11-8-12-18(22)2/h8-15,19H,7,16-17H2,1-6H3. The summed E-state index contributed by atoms with van der Waals surface area (Å²) in [6, 6.07) is 14.9. The largest absolute Gasteiger partial charge is 0.333 e. The SMILES string of the molecule is CCCN(C(=O)CC(C)(C)C)C(C)c1nc2ccccc2c(=O)n1-c1ccccc1C. The minimum absolute atomic E-state index is 0.0839. The Morgan fingerprint density at radius 1 is 1.10 bits per heavy atom. The van der Waals surface area contributed by atoms with E-state index in [4.69, 9.17) is 4.98 Å². The Morgan fingerprint density at radius 2 is 1.74 bits per heavy atom. The van der Waals surface area contributed by atoms with Gasteiger partial charge in [0.2, 0.25) is 5.91 Å². The molecular formula is C26H33N3O2. The van der Waals surface area contributed by atoms with Crippen molar-refractivity contribution in [2.45, 2.75) is 60.4 Å². The summed E-state index contributed by atoms with van der Waals surface area (Å²) in [6.45, 7) is 12.8. The molecular weight excluding hydrogens is 386 g/mol. The number of para-hydroxylation sites is 2. The molecule has 1 heterocycles. The van der Waals surface area contributed by atoms with Crippen molar-refractivity contribution >= 4 is 16.8 Å². The van der Waals surface area contributed by atoms with E-state index in [1.54, 1.807) is 4.57 Å². The number of benzene rings is 2. The minimum Gasteiger partial charge on any atom is -0.333 e. The molecule has 1 aromatic heterocycles. The van der Waals surface area contributed by atoms with Crippen molar-refractivity contribution in [3.63, 3.8) is 0 Å². The molecule has 1 atom stereocenters. The Morgan fingerprint density at radius 3 is 2.39 bits per heavy atom. The van der Waals surface area contributed by atoms with Crippen molar-refractivity contribution in [3.05, 3.63) is 70.3 Å². The second-order valence-corrected chi connectivity index (χ2v) is 9.41. The second kappa shape index (κ2) is 9.04. The van der Waals surface area contributed by atoms with E-state index in [0.717, 1.165) is 17.7 Å². The summed E-state index contributed by atoms with van der Waals surface area (Å²) in [5.41, 5.74) is 2.21. The van der Waals surface area contributed by atoms with Crippen molar-refractivity contribution < 1.29 is 4.79 Å². The van der Waals surface area contributed by atoms with Crippen molar-refractivity contribution in [1.82, 2.24) is 14.5 Å². The molecule has 0 aliphatic heterocycles. The highest BCUT2D eigenvalue weighted by Gasteiger charge is 2.29. The van der Waals surface area contributed by atoms with Gasteiger partial charge in [-0.2, -0.15) is 0 Å². The molecule has 3 rings (SSSR count). The quantitative estimate of drug-likeness (QED) is 0.535. The normalized spacial score (nSPS) is 12.7. The number of hydrogen-bond donors (Lipinski definition) is 0. The lowest BCUT2D eigenvalue weighted by Crippen LogP contribution is -2.39. The summed E-state index contributed by atoms with van der Waals surface area (Å²) in [5.74, 6) is 0.675. The topological polar surface area (TPSA) is 55.2 Å². The molecule has 5 heteroatoms. The molecule has 0 saturated heterocycles. The van der Waals surface area contributed by atoms with E-state index in [1.807, 2.05) is 67.3 Å². The minimum atomic E-state index is -0.341. The summed E-state index contributed by atoms with van der Waals surface area (Å²) in [4.78, 5) is 33.6. The molecule has 0 aliphatic carbocycles. The zero-order chi connectivity index (χ0) is 22.8. The summed E-state index contributed by atoms with van der Waals surface area (Å²) in [6.07, 6.45) is 1.28. The number of aromatic nitrogens is 2. The van der Waals surface area contributed by atoms with Crippen LogP contribution in [-0.2, 0) is 4.79 Å². The van der Waals surface area contributed by atoms with Gasteiger partial charge in [0.05, 0.1) is 22.6 Å². The third-order valence-electron chi connectivity index (χ3n) is 5.47. The third kappa shape index (κ3) is 4.87. The maximum absolute atomic E-state index is 13.6. The average Bonchev–Trinajstić information content (AvgIpc) is 2.71. The predicted octanol–water partition coefficient (Wildman–Crippen LogP) is 5.43. The second-order valence-electron chi connectivity index (χ2n) is 9.41. The van der Waals surface area contributed by atoms with Crippen LogP contribution in [0.1, 0.15) is 64.9 Å².